The van der Waals surface area contributed by atoms with Crippen LogP contribution in [0.25, 0.3) is 0 Å². The predicted molar refractivity (Wildman–Crippen MR) is 41.7 cm³/mol. The molecule has 0 amide bonds. The lowest BCUT2D eigenvalue weighted by atomic mass is 10.2. The van der Waals surface area contributed by atoms with Crippen molar-refractivity contribution in [3.63, 3.8) is 0 Å². The second kappa shape index (κ2) is 1.86. The Kier molecular flexibility index (Phi) is 1.13. The quantitative estimate of drug-likeness (QED) is 0.551. The number of hydrogen-bond acceptors (Lipinski definition) is 3. The van der Waals surface area contributed by atoms with Crippen molar-refractivity contribution in [3.8, 4) is 0 Å². The van der Waals surface area contributed by atoms with Crippen LogP contribution >= 0.6 is 0 Å². The van der Waals surface area contributed by atoms with Crippen LogP contribution < -0.4 is 0 Å². The van der Waals surface area contributed by atoms with Gasteiger partial charge in [0.2, 0.25) is 0 Å². The van der Waals surface area contributed by atoms with Gasteiger partial charge in [0.1, 0.15) is 12.2 Å². The molecule has 0 N–H and O–H groups in total. The van der Waals surface area contributed by atoms with E-state index < -0.39 is 5.79 Å². The fourth-order valence-electron chi connectivity index (χ4n) is 2.02. The number of hydrogen-bond donors (Lipinski definition) is 0. The highest BCUT2D eigenvalue weighted by atomic mass is 16.8. The van der Waals surface area contributed by atoms with Crippen molar-refractivity contribution in [2.75, 3.05) is 6.61 Å². The van der Waals surface area contributed by atoms with Gasteiger partial charge in [0.05, 0.1) is 12.2 Å². The molecule has 0 aromatic carbocycles. The number of ether oxygens (including phenoxy) is 3. The maximum Gasteiger partial charge on any atom is 0.163 e. The molecular formula is C9H14O3. The molecule has 1 saturated carbocycles. The molecule has 1 spiro atoms. The van der Waals surface area contributed by atoms with Gasteiger partial charge in [-0.1, -0.05) is 0 Å². The van der Waals surface area contributed by atoms with Crippen LogP contribution in [0.1, 0.15) is 26.7 Å². The van der Waals surface area contributed by atoms with Gasteiger partial charge in [0.15, 0.2) is 5.79 Å². The Balaban J connectivity index is 1.66. The molecule has 0 bridgehead atoms. The summed E-state index contributed by atoms with van der Waals surface area (Å²) in [7, 11) is 0. The first-order valence-electron chi connectivity index (χ1n) is 4.61. The third-order valence-corrected chi connectivity index (χ3v) is 2.93. The first-order valence-corrected chi connectivity index (χ1v) is 4.61. The average molecular weight is 170 g/mol. The molecule has 3 heteroatoms. The summed E-state index contributed by atoms with van der Waals surface area (Å²) >= 11 is 0. The highest BCUT2D eigenvalue weighted by Crippen LogP contribution is 2.59. The van der Waals surface area contributed by atoms with Crippen molar-refractivity contribution in [1.82, 2.24) is 0 Å². The Morgan fingerprint density at radius 3 is 2.33 bits per heavy atom. The minimum atomic E-state index is -0.396. The molecule has 1 aliphatic carbocycles. The van der Waals surface area contributed by atoms with Crippen molar-refractivity contribution in [3.05, 3.63) is 0 Å². The minimum absolute atomic E-state index is 0.183. The van der Waals surface area contributed by atoms with Crippen molar-refractivity contribution < 1.29 is 14.2 Å². The Bertz CT molecular complexity index is 220. The first-order chi connectivity index (χ1) is 5.61. The minimum Gasteiger partial charge on any atom is -0.363 e. The fraction of sp³-hybridized carbons (Fsp3) is 1.00. The number of rotatable bonds is 1. The van der Waals surface area contributed by atoms with Crippen molar-refractivity contribution >= 4 is 0 Å². The lowest BCUT2D eigenvalue weighted by Crippen LogP contribution is -2.25. The highest BCUT2D eigenvalue weighted by Gasteiger charge is 2.69. The monoisotopic (exact) mass is 170 g/mol. The molecule has 3 nitrogen and oxygen atoms in total. The summed E-state index contributed by atoms with van der Waals surface area (Å²) in [5.41, 5.74) is 0.244. The van der Waals surface area contributed by atoms with E-state index in [0.29, 0.717) is 12.7 Å². The summed E-state index contributed by atoms with van der Waals surface area (Å²) < 4.78 is 16.8. The van der Waals surface area contributed by atoms with Crippen molar-refractivity contribution in [2.24, 2.45) is 0 Å². The summed E-state index contributed by atoms with van der Waals surface area (Å²) in [5, 5.41) is 0. The second-order valence-corrected chi connectivity index (χ2v) is 4.47. The van der Waals surface area contributed by atoms with E-state index in [4.69, 9.17) is 14.2 Å². The molecule has 2 saturated heterocycles. The van der Waals surface area contributed by atoms with Crippen LogP contribution in [0.5, 0.6) is 0 Å². The third kappa shape index (κ3) is 0.934. The molecule has 0 aromatic rings. The molecule has 68 valence electrons. The largest absolute Gasteiger partial charge is 0.363 e. The van der Waals surface area contributed by atoms with E-state index in [0.717, 1.165) is 0 Å². The Morgan fingerprint density at radius 2 is 1.92 bits per heavy atom. The molecule has 0 unspecified atom stereocenters. The summed E-state index contributed by atoms with van der Waals surface area (Å²) in [6.45, 7) is 4.60. The summed E-state index contributed by atoms with van der Waals surface area (Å²) in [6.07, 6.45) is 2.96. The predicted octanol–water partition coefficient (Wildman–Crippen LogP) is 1.07. The van der Waals surface area contributed by atoms with E-state index >= 15 is 0 Å². The van der Waals surface area contributed by atoms with Crippen LogP contribution in [0.3, 0.4) is 0 Å². The van der Waals surface area contributed by atoms with Gasteiger partial charge in [-0.05, 0) is 26.7 Å². The normalized spacial score (nSPS) is 46.5. The molecule has 3 rings (SSSR count). The summed E-state index contributed by atoms with van der Waals surface area (Å²) in [4.78, 5) is 0. The number of epoxide rings is 1. The van der Waals surface area contributed by atoms with Gasteiger partial charge in [0.25, 0.3) is 0 Å². The van der Waals surface area contributed by atoms with Crippen molar-refractivity contribution in [2.45, 2.75) is 50.3 Å². The molecule has 2 aliphatic heterocycles. The highest BCUT2D eigenvalue weighted by molar-refractivity contribution is 5.17. The van der Waals surface area contributed by atoms with E-state index in [1.807, 2.05) is 13.8 Å². The Morgan fingerprint density at radius 1 is 1.17 bits per heavy atom. The molecule has 0 radical (unpaired) electrons. The SMILES string of the molecule is CC1(C)OC[C@H]([C@@H]2OC23CC3)O1. The van der Waals surface area contributed by atoms with Gasteiger partial charge in [-0.15, -0.1) is 0 Å². The summed E-state index contributed by atoms with van der Waals surface area (Å²) in [5.74, 6) is -0.396. The van der Waals surface area contributed by atoms with Gasteiger partial charge < -0.3 is 14.2 Å². The molecular weight excluding hydrogens is 156 g/mol. The van der Waals surface area contributed by atoms with Gasteiger partial charge in [-0.25, -0.2) is 0 Å². The van der Waals surface area contributed by atoms with E-state index in [1.54, 1.807) is 0 Å². The maximum absolute atomic E-state index is 5.70. The van der Waals surface area contributed by atoms with E-state index in [9.17, 15) is 0 Å². The lowest BCUT2D eigenvalue weighted by Gasteiger charge is -2.16. The smallest absolute Gasteiger partial charge is 0.163 e. The van der Waals surface area contributed by atoms with Crippen molar-refractivity contribution in [1.29, 1.82) is 0 Å². The Labute approximate surface area is 72.0 Å². The van der Waals surface area contributed by atoms with E-state index in [1.165, 1.54) is 12.8 Å². The van der Waals surface area contributed by atoms with E-state index in [-0.39, 0.29) is 11.7 Å². The van der Waals surface area contributed by atoms with Gasteiger partial charge in [-0.2, -0.15) is 0 Å². The molecule has 2 atom stereocenters. The zero-order valence-electron chi connectivity index (χ0n) is 7.50. The fourth-order valence-corrected chi connectivity index (χ4v) is 2.02. The van der Waals surface area contributed by atoms with Gasteiger partial charge in [0, 0.05) is 0 Å². The van der Waals surface area contributed by atoms with Crippen LogP contribution in [0.4, 0.5) is 0 Å². The maximum atomic E-state index is 5.70. The molecule has 12 heavy (non-hydrogen) atoms. The third-order valence-electron chi connectivity index (χ3n) is 2.93. The molecule has 2 heterocycles. The zero-order valence-corrected chi connectivity index (χ0v) is 7.50. The Hall–Kier alpha value is -0.120. The molecule has 3 aliphatic rings. The van der Waals surface area contributed by atoms with Crippen LogP contribution in [-0.4, -0.2) is 30.2 Å². The van der Waals surface area contributed by atoms with Crippen LogP contribution in [-0.2, 0) is 14.2 Å². The van der Waals surface area contributed by atoms with Crippen LogP contribution in [0.15, 0.2) is 0 Å². The zero-order chi connectivity index (χ0) is 8.40. The average Bonchev–Trinajstić information content (AvgIpc) is 2.87. The van der Waals surface area contributed by atoms with Crippen LogP contribution in [0.2, 0.25) is 0 Å². The van der Waals surface area contributed by atoms with Gasteiger partial charge >= 0.3 is 0 Å². The molecule has 3 fully saturated rings. The first kappa shape index (κ1) is 7.30. The van der Waals surface area contributed by atoms with E-state index in [2.05, 4.69) is 0 Å². The topological polar surface area (TPSA) is 31.0 Å². The standard InChI is InChI=1S/C9H14O3/c1-8(2)10-5-6(11-8)7-9(12-7)3-4-9/h6-7H,3-5H2,1-2H3/t6-,7+/m1/s1. The van der Waals surface area contributed by atoms with Crippen LogP contribution in [0, 0.1) is 0 Å². The lowest BCUT2D eigenvalue weighted by molar-refractivity contribution is -0.140. The molecule has 0 aromatic heterocycles. The summed E-state index contributed by atoms with van der Waals surface area (Å²) in [6, 6.07) is 0. The second-order valence-electron chi connectivity index (χ2n) is 4.47. The van der Waals surface area contributed by atoms with Gasteiger partial charge in [-0.3, -0.25) is 0 Å².